The second kappa shape index (κ2) is 11.2. The van der Waals surface area contributed by atoms with Crippen molar-refractivity contribution in [3.8, 4) is 33.9 Å². The maximum atomic E-state index is 13.0. The van der Waals surface area contributed by atoms with Gasteiger partial charge in [0.1, 0.15) is 11.5 Å². The Labute approximate surface area is 208 Å². The van der Waals surface area contributed by atoms with Gasteiger partial charge in [0.15, 0.2) is 0 Å². The summed E-state index contributed by atoms with van der Waals surface area (Å²) in [4.78, 5) is 29.1. The number of hydroxylamine groups is 1. The standard InChI is InChI=1S/C28H25N3O5/c1-35-23-11-7-19(8-12-23)25-15-22(17-29-26(25)20-9-13-24(36-2)14-10-20)27(32)30-16-18-3-5-21(6-4-18)28(33)31-34/h3-15,17,34H,16H2,1-2H3,(H,30,32)(H,31,33). The summed E-state index contributed by atoms with van der Waals surface area (Å²) in [6.45, 7) is 0.262. The molecule has 0 atom stereocenters. The van der Waals surface area contributed by atoms with Crippen molar-refractivity contribution < 1.29 is 24.3 Å². The van der Waals surface area contributed by atoms with Crippen molar-refractivity contribution >= 4 is 11.8 Å². The molecule has 0 aliphatic rings. The topological polar surface area (TPSA) is 110 Å². The van der Waals surface area contributed by atoms with E-state index in [4.69, 9.17) is 14.7 Å². The molecular weight excluding hydrogens is 458 g/mol. The van der Waals surface area contributed by atoms with E-state index in [-0.39, 0.29) is 12.5 Å². The van der Waals surface area contributed by atoms with Gasteiger partial charge in [-0.25, -0.2) is 5.48 Å². The number of pyridine rings is 1. The highest BCUT2D eigenvalue weighted by Crippen LogP contribution is 2.33. The highest BCUT2D eigenvalue weighted by atomic mass is 16.5. The van der Waals surface area contributed by atoms with Gasteiger partial charge in [0.25, 0.3) is 11.8 Å². The monoisotopic (exact) mass is 483 g/mol. The highest BCUT2D eigenvalue weighted by Gasteiger charge is 2.15. The predicted octanol–water partition coefficient (Wildman–Crippen LogP) is 4.48. The lowest BCUT2D eigenvalue weighted by molar-refractivity contribution is 0.0706. The van der Waals surface area contributed by atoms with E-state index in [1.165, 1.54) is 0 Å². The zero-order chi connectivity index (χ0) is 25.5. The number of amides is 2. The van der Waals surface area contributed by atoms with Crippen molar-refractivity contribution in [1.29, 1.82) is 0 Å². The molecule has 0 unspecified atom stereocenters. The van der Waals surface area contributed by atoms with E-state index < -0.39 is 5.91 Å². The number of nitrogens with zero attached hydrogens (tertiary/aromatic N) is 1. The Hall–Kier alpha value is -4.69. The van der Waals surface area contributed by atoms with Gasteiger partial charge in [-0.1, -0.05) is 24.3 Å². The van der Waals surface area contributed by atoms with Crippen molar-refractivity contribution in [3.05, 3.63) is 102 Å². The lowest BCUT2D eigenvalue weighted by atomic mass is 9.97. The molecule has 0 aliphatic heterocycles. The summed E-state index contributed by atoms with van der Waals surface area (Å²) < 4.78 is 10.5. The third-order valence-corrected chi connectivity index (χ3v) is 5.69. The fourth-order valence-electron chi connectivity index (χ4n) is 3.68. The molecule has 3 aromatic carbocycles. The molecule has 0 saturated heterocycles. The van der Waals surface area contributed by atoms with Gasteiger partial charge in [-0.15, -0.1) is 0 Å². The average Bonchev–Trinajstić information content (AvgIpc) is 2.95. The third kappa shape index (κ3) is 5.51. The summed E-state index contributed by atoms with van der Waals surface area (Å²) in [6, 6.07) is 23.5. The lowest BCUT2D eigenvalue weighted by Crippen LogP contribution is -2.23. The van der Waals surface area contributed by atoms with E-state index >= 15 is 0 Å². The van der Waals surface area contributed by atoms with Crippen LogP contribution in [0.3, 0.4) is 0 Å². The molecule has 36 heavy (non-hydrogen) atoms. The summed E-state index contributed by atoms with van der Waals surface area (Å²) in [5.41, 5.74) is 6.43. The molecule has 4 rings (SSSR count). The summed E-state index contributed by atoms with van der Waals surface area (Å²) in [7, 11) is 3.23. The van der Waals surface area contributed by atoms with Gasteiger partial charge in [0.2, 0.25) is 0 Å². The Kier molecular flexibility index (Phi) is 7.57. The molecule has 8 nitrogen and oxygen atoms in total. The molecule has 0 bridgehead atoms. The Morgan fingerprint density at radius 3 is 1.92 bits per heavy atom. The van der Waals surface area contributed by atoms with Crippen LogP contribution in [-0.4, -0.2) is 36.2 Å². The zero-order valence-corrected chi connectivity index (χ0v) is 19.8. The molecule has 3 N–H and O–H groups in total. The number of hydrogen-bond acceptors (Lipinski definition) is 6. The zero-order valence-electron chi connectivity index (χ0n) is 19.8. The summed E-state index contributed by atoms with van der Waals surface area (Å²) in [5, 5.41) is 11.6. The first-order valence-electron chi connectivity index (χ1n) is 11.1. The smallest absolute Gasteiger partial charge is 0.274 e. The highest BCUT2D eigenvalue weighted by molar-refractivity contribution is 5.97. The second-order valence-corrected chi connectivity index (χ2v) is 7.90. The summed E-state index contributed by atoms with van der Waals surface area (Å²) >= 11 is 0. The van der Waals surface area contributed by atoms with Crippen molar-refractivity contribution in [1.82, 2.24) is 15.8 Å². The van der Waals surface area contributed by atoms with Crippen molar-refractivity contribution in [2.24, 2.45) is 0 Å². The SMILES string of the molecule is COc1ccc(-c2cc(C(=O)NCc3ccc(C(=O)NO)cc3)cnc2-c2ccc(OC)cc2)cc1. The van der Waals surface area contributed by atoms with Crippen LogP contribution in [-0.2, 0) is 6.54 Å². The largest absolute Gasteiger partial charge is 0.497 e. The van der Waals surface area contributed by atoms with E-state index in [0.29, 0.717) is 11.1 Å². The maximum Gasteiger partial charge on any atom is 0.274 e. The molecule has 182 valence electrons. The minimum atomic E-state index is -0.598. The van der Waals surface area contributed by atoms with Crippen LogP contribution in [0.1, 0.15) is 26.3 Å². The van der Waals surface area contributed by atoms with E-state index in [1.54, 1.807) is 50.2 Å². The van der Waals surface area contributed by atoms with Crippen LogP contribution in [0.15, 0.2) is 85.1 Å². The summed E-state index contributed by atoms with van der Waals surface area (Å²) in [5.74, 6) is 0.593. The Morgan fingerprint density at radius 2 is 1.36 bits per heavy atom. The number of ether oxygens (including phenoxy) is 2. The molecule has 0 aliphatic carbocycles. The van der Waals surface area contributed by atoms with Gasteiger partial charge in [0, 0.05) is 29.4 Å². The van der Waals surface area contributed by atoms with Crippen LogP contribution in [0, 0.1) is 0 Å². The van der Waals surface area contributed by atoms with E-state index in [1.807, 2.05) is 54.6 Å². The first-order chi connectivity index (χ1) is 17.5. The molecule has 2 amide bonds. The molecule has 8 heteroatoms. The minimum absolute atomic E-state index is 0.262. The van der Waals surface area contributed by atoms with Gasteiger partial charge >= 0.3 is 0 Å². The number of nitrogens with one attached hydrogen (secondary N) is 2. The predicted molar refractivity (Wildman–Crippen MR) is 135 cm³/mol. The van der Waals surface area contributed by atoms with Gasteiger partial charge < -0.3 is 14.8 Å². The van der Waals surface area contributed by atoms with Crippen LogP contribution in [0.25, 0.3) is 22.4 Å². The minimum Gasteiger partial charge on any atom is -0.497 e. The fraction of sp³-hybridized carbons (Fsp3) is 0.107. The molecule has 0 saturated carbocycles. The Bertz CT molecular complexity index is 1350. The molecule has 0 spiro atoms. The summed E-state index contributed by atoms with van der Waals surface area (Å²) in [6.07, 6.45) is 1.55. The molecular formula is C28H25N3O5. The van der Waals surface area contributed by atoms with Crippen LogP contribution >= 0.6 is 0 Å². The van der Waals surface area contributed by atoms with Gasteiger partial charge in [-0.05, 0) is 65.7 Å². The van der Waals surface area contributed by atoms with Crippen molar-refractivity contribution in [3.63, 3.8) is 0 Å². The average molecular weight is 484 g/mol. The first kappa shape index (κ1) is 24.4. The number of benzene rings is 3. The van der Waals surface area contributed by atoms with Gasteiger partial charge in [-0.2, -0.15) is 0 Å². The van der Waals surface area contributed by atoms with E-state index in [0.717, 1.165) is 39.4 Å². The number of carbonyl (C=O) groups is 2. The lowest BCUT2D eigenvalue weighted by Gasteiger charge is -2.13. The van der Waals surface area contributed by atoms with Gasteiger partial charge in [-0.3, -0.25) is 19.8 Å². The van der Waals surface area contributed by atoms with Crippen LogP contribution < -0.4 is 20.3 Å². The van der Waals surface area contributed by atoms with Gasteiger partial charge in [0.05, 0.1) is 25.5 Å². The van der Waals surface area contributed by atoms with Crippen LogP contribution in [0.4, 0.5) is 0 Å². The molecule has 0 fully saturated rings. The number of hydrogen-bond donors (Lipinski definition) is 3. The quantitative estimate of drug-likeness (QED) is 0.252. The second-order valence-electron chi connectivity index (χ2n) is 7.90. The third-order valence-electron chi connectivity index (χ3n) is 5.69. The molecule has 1 aromatic heterocycles. The number of methoxy groups -OCH3 is 2. The number of aromatic nitrogens is 1. The van der Waals surface area contributed by atoms with E-state index in [9.17, 15) is 9.59 Å². The van der Waals surface area contributed by atoms with Crippen molar-refractivity contribution in [2.45, 2.75) is 6.54 Å². The maximum absolute atomic E-state index is 13.0. The number of carbonyl (C=O) groups excluding carboxylic acids is 2. The van der Waals surface area contributed by atoms with Crippen LogP contribution in [0.2, 0.25) is 0 Å². The van der Waals surface area contributed by atoms with Crippen LogP contribution in [0.5, 0.6) is 11.5 Å². The fourth-order valence-corrected chi connectivity index (χ4v) is 3.68. The number of rotatable bonds is 8. The normalized spacial score (nSPS) is 10.4. The molecule has 1 heterocycles. The molecule has 4 aromatic rings. The molecule has 0 radical (unpaired) electrons. The Balaban J connectivity index is 1.61. The van der Waals surface area contributed by atoms with E-state index in [2.05, 4.69) is 10.3 Å². The van der Waals surface area contributed by atoms with Crippen molar-refractivity contribution in [2.75, 3.05) is 14.2 Å². The first-order valence-corrected chi connectivity index (χ1v) is 11.1. The Morgan fingerprint density at radius 1 is 0.778 bits per heavy atom.